The zero-order chi connectivity index (χ0) is 21.5. The van der Waals surface area contributed by atoms with E-state index in [9.17, 15) is 4.79 Å². The van der Waals surface area contributed by atoms with Crippen LogP contribution in [0.5, 0.6) is 0 Å². The van der Waals surface area contributed by atoms with Gasteiger partial charge in [0.1, 0.15) is 5.78 Å². The van der Waals surface area contributed by atoms with Crippen LogP contribution < -0.4 is 10.6 Å². The molecule has 3 nitrogen and oxygen atoms in total. The van der Waals surface area contributed by atoms with Crippen molar-refractivity contribution >= 4 is 5.78 Å². The second-order valence-corrected chi connectivity index (χ2v) is 9.51. The minimum Gasteiger partial charge on any atom is -0.372 e. The first-order valence-electron chi connectivity index (χ1n) is 11.6. The molecule has 0 spiro atoms. The van der Waals surface area contributed by atoms with Gasteiger partial charge >= 0.3 is 0 Å². The van der Waals surface area contributed by atoms with Gasteiger partial charge in [0.15, 0.2) is 0 Å². The normalized spacial score (nSPS) is 30.0. The van der Waals surface area contributed by atoms with Crippen LogP contribution in [0.25, 0.3) is 0 Å². The van der Waals surface area contributed by atoms with Crippen molar-refractivity contribution in [2.75, 3.05) is 0 Å². The Balaban J connectivity index is 1.70. The largest absolute Gasteiger partial charge is 0.372 e. The van der Waals surface area contributed by atoms with Crippen LogP contribution in [-0.4, -0.2) is 17.5 Å². The van der Waals surface area contributed by atoms with Gasteiger partial charge in [-0.15, -0.1) is 0 Å². The number of allylic oxidation sites excluding steroid dienone is 2. The maximum Gasteiger partial charge on any atom is 0.148 e. The lowest BCUT2D eigenvalue weighted by Gasteiger charge is -2.36. The van der Waals surface area contributed by atoms with Crippen LogP contribution in [-0.2, 0) is 11.2 Å². The Morgan fingerprint density at radius 2 is 1.83 bits per heavy atom. The first-order valence-corrected chi connectivity index (χ1v) is 11.6. The van der Waals surface area contributed by atoms with E-state index in [0.29, 0.717) is 5.78 Å². The molecule has 0 fully saturated rings. The number of nitrogens with one attached hydrogen (secondary N) is 2. The molecule has 30 heavy (non-hydrogen) atoms. The van der Waals surface area contributed by atoms with Crippen molar-refractivity contribution in [2.45, 2.75) is 71.5 Å². The molecule has 0 aromatic heterocycles. The van der Waals surface area contributed by atoms with Crippen LogP contribution in [0.3, 0.4) is 0 Å². The van der Waals surface area contributed by atoms with Gasteiger partial charge in [0.25, 0.3) is 0 Å². The topological polar surface area (TPSA) is 41.1 Å². The molecule has 0 saturated carbocycles. The van der Waals surface area contributed by atoms with E-state index in [4.69, 9.17) is 0 Å². The maximum atomic E-state index is 13.0. The van der Waals surface area contributed by atoms with Crippen molar-refractivity contribution in [2.24, 2.45) is 17.8 Å². The van der Waals surface area contributed by atoms with Crippen LogP contribution in [0, 0.1) is 24.7 Å². The van der Waals surface area contributed by atoms with Gasteiger partial charge in [0.05, 0.1) is 12.1 Å². The second kappa shape index (κ2) is 8.19. The van der Waals surface area contributed by atoms with E-state index < -0.39 is 0 Å². The molecule has 4 rings (SSSR count). The van der Waals surface area contributed by atoms with Crippen molar-refractivity contribution in [1.29, 1.82) is 0 Å². The highest BCUT2D eigenvalue weighted by atomic mass is 16.1. The maximum absolute atomic E-state index is 13.0. The zero-order valence-electron chi connectivity index (χ0n) is 18.9. The van der Waals surface area contributed by atoms with Gasteiger partial charge in [-0.2, -0.15) is 0 Å². The number of rotatable bonds is 6. The van der Waals surface area contributed by atoms with E-state index in [0.717, 1.165) is 43.4 Å². The Kier molecular flexibility index (Phi) is 5.76. The SMILES string of the molecule is C=C1C2=C(NC(NC3(CC)CC=CC3)C2Cc2ccc(C)cc2)C(C)C(=O)C1CC. The van der Waals surface area contributed by atoms with Crippen LogP contribution in [0.15, 0.2) is 59.8 Å². The first kappa shape index (κ1) is 21.1. The molecular formula is C27H36N2O. The third-order valence-electron chi connectivity index (χ3n) is 7.65. The zero-order valence-corrected chi connectivity index (χ0v) is 18.9. The van der Waals surface area contributed by atoms with Gasteiger partial charge in [0, 0.05) is 23.1 Å². The van der Waals surface area contributed by atoms with E-state index in [1.54, 1.807) is 0 Å². The highest BCUT2D eigenvalue weighted by molar-refractivity contribution is 5.91. The Morgan fingerprint density at radius 1 is 1.17 bits per heavy atom. The van der Waals surface area contributed by atoms with E-state index in [2.05, 4.69) is 81.3 Å². The smallest absolute Gasteiger partial charge is 0.148 e. The summed E-state index contributed by atoms with van der Waals surface area (Å²) in [6.07, 6.45) is 9.72. The summed E-state index contributed by atoms with van der Waals surface area (Å²) in [5.74, 6) is 0.468. The molecule has 3 heteroatoms. The number of aryl methyl sites for hydroxylation is 1. The van der Waals surface area contributed by atoms with E-state index in [1.165, 1.54) is 16.7 Å². The molecule has 0 amide bonds. The van der Waals surface area contributed by atoms with Crippen LogP contribution in [0.1, 0.15) is 57.6 Å². The lowest BCUT2D eigenvalue weighted by atomic mass is 9.72. The van der Waals surface area contributed by atoms with Crippen LogP contribution in [0.4, 0.5) is 0 Å². The predicted octanol–water partition coefficient (Wildman–Crippen LogP) is 5.23. The Bertz CT molecular complexity index is 884. The van der Waals surface area contributed by atoms with Crippen LogP contribution >= 0.6 is 0 Å². The fraction of sp³-hybridized carbons (Fsp3) is 0.519. The van der Waals surface area contributed by atoms with Crippen molar-refractivity contribution in [3.8, 4) is 0 Å². The fourth-order valence-corrected chi connectivity index (χ4v) is 5.61. The van der Waals surface area contributed by atoms with Gasteiger partial charge < -0.3 is 5.32 Å². The van der Waals surface area contributed by atoms with E-state index in [-0.39, 0.29) is 29.5 Å². The number of Topliss-reactive ketones (excluding diaryl/α,β-unsaturated/α-hetero) is 1. The average molecular weight is 405 g/mol. The highest BCUT2D eigenvalue weighted by Gasteiger charge is 2.47. The van der Waals surface area contributed by atoms with Gasteiger partial charge in [-0.25, -0.2) is 0 Å². The molecule has 2 aliphatic carbocycles. The molecule has 0 saturated heterocycles. The summed E-state index contributed by atoms with van der Waals surface area (Å²) in [7, 11) is 0. The molecule has 0 radical (unpaired) electrons. The summed E-state index contributed by atoms with van der Waals surface area (Å²) in [4.78, 5) is 13.0. The van der Waals surface area contributed by atoms with Gasteiger partial charge in [-0.05, 0) is 62.7 Å². The summed E-state index contributed by atoms with van der Waals surface area (Å²) in [5.41, 5.74) is 6.20. The van der Waals surface area contributed by atoms with Crippen molar-refractivity contribution in [3.63, 3.8) is 0 Å². The molecule has 4 atom stereocenters. The van der Waals surface area contributed by atoms with E-state index >= 15 is 0 Å². The predicted molar refractivity (Wildman–Crippen MR) is 124 cm³/mol. The minimum absolute atomic E-state index is 0.0481. The lowest BCUT2D eigenvalue weighted by Crippen LogP contribution is -2.55. The standard InChI is InChI=1S/C27H36N2O/c1-6-21-18(4)23-22(16-20-12-10-17(3)11-13-20)26(28-24(23)19(5)25(21)30)29-27(7-2)14-8-9-15-27/h8-13,19,21-22,26,28-29H,4,6-7,14-16H2,1-3,5H3. The first-order chi connectivity index (χ1) is 14.4. The third kappa shape index (κ3) is 3.58. The Labute approximate surface area is 181 Å². The number of hydrogen-bond donors (Lipinski definition) is 2. The fourth-order valence-electron chi connectivity index (χ4n) is 5.61. The van der Waals surface area contributed by atoms with Crippen molar-refractivity contribution in [1.82, 2.24) is 10.6 Å². The molecule has 0 bridgehead atoms. The second-order valence-electron chi connectivity index (χ2n) is 9.51. The number of benzene rings is 1. The summed E-state index contributed by atoms with van der Waals surface area (Å²) in [5, 5.41) is 7.78. The summed E-state index contributed by atoms with van der Waals surface area (Å²) in [6.45, 7) is 13.0. The lowest BCUT2D eigenvalue weighted by molar-refractivity contribution is -0.124. The Hall–Kier alpha value is -2.13. The average Bonchev–Trinajstić information content (AvgIpc) is 3.34. The molecule has 1 heterocycles. The minimum atomic E-state index is -0.0814. The molecule has 1 aliphatic heterocycles. The van der Waals surface area contributed by atoms with Gasteiger partial charge in [-0.3, -0.25) is 10.1 Å². The number of hydrogen-bond acceptors (Lipinski definition) is 3. The molecule has 1 aromatic carbocycles. The number of carbonyl (C=O) groups is 1. The van der Waals surface area contributed by atoms with Gasteiger partial charge in [0.2, 0.25) is 0 Å². The molecule has 3 aliphatic rings. The molecular weight excluding hydrogens is 368 g/mol. The highest BCUT2D eigenvalue weighted by Crippen LogP contribution is 2.45. The van der Waals surface area contributed by atoms with Gasteiger partial charge in [-0.1, -0.05) is 62.4 Å². The summed E-state index contributed by atoms with van der Waals surface area (Å²) >= 11 is 0. The molecule has 160 valence electrons. The summed E-state index contributed by atoms with van der Waals surface area (Å²) < 4.78 is 0. The Morgan fingerprint density at radius 3 is 2.43 bits per heavy atom. The van der Waals surface area contributed by atoms with Crippen molar-refractivity contribution < 1.29 is 4.79 Å². The molecule has 2 N–H and O–H groups in total. The van der Waals surface area contributed by atoms with Crippen molar-refractivity contribution in [3.05, 3.63) is 71.0 Å². The third-order valence-corrected chi connectivity index (χ3v) is 7.65. The summed E-state index contributed by atoms with van der Waals surface area (Å²) in [6, 6.07) is 8.88. The monoisotopic (exact) mass is 404 g/mol. The number of carbonyl (C=O) groups excluding carboxylic acids is 1. The van der Waals surface area contributed by atoms with E-state index in [1.807, 2.05) is 0 Å². The molecule has 1 aromatic rings. The molecule has 4 unspecified atom stereocenters. The number of ketones is 1. The quantitative estimate of drug-likeness (QED) is 0.638. The van der Waals surface area contributed by atoms with Crippen LogP contribution in [0.2, 0.25) is 0 Å².